The lowest BCUT2D eigenvalue weighted by atomic mass is 10.2. The molecule has 0 atom stereocenters. The summed E-state index contributed by atoms with van der Waals surface area (Å²) in [5.41, 5.74) is 1.38. The smallest absolute Gasteiger partial charge is 0.338 e. The van der Waals surface area contributed by atoms with E-state index in [1.54, 1.807) is 36.3 Å². The van der Waals surface area contributed by atoms with Crippen LogP contribution in [0.5, 0.6) is 5.75 Å². The van der Waals surface area contributed by atoms with Gasteiger partial charge >= 0.3 is 5.97 Å². The third kappa shape index (κ3) is 4.71. The first kappa shape index (κ1) is 19.0. The van der Waals surface area contributed by atoms with Gasteiger partial charge in [-0.3, -0.25) is 4.79 Å². The minimum Gasteiger partial charge on any atom is -0.495 e. The fraction of sp³-hybridized carbons (Fsp3) is 0.300. The van der Waals surface area contributed by atoms with Gasteiger partial charge in [0.15, 0.2) is 6.61 Å². The number of ether oxygens (including phenoxy) is 2. The molecule has 1 heterocycles. The minimum atomic E-state index is -0.535. The van der Waals surface area contributed by atoms with Crippen molar-refractivity contribution in [2.24, 2.45) is 0 Å². The second-order valence-electron chi connectivity index (χ2n) is 6.12. The Labute approximate surface area is 163 Å². The van der Waals surface area contributed by atoms with Crippen molar-refractivity contribution in [3.8, 4) is 5.75 Å². The molecule has 3 rings (SSSR count). The van der Waals surface area contributed by atoms with Crippen molar-refractivity contribution in [3.63, 3.8) is 0 Å². The summed E-state index contributed by atoms with van der Waals surface area (Å²) < 4.78 is 10.5. The topological polar surface area (TPSA) is 59.1 Å². The molecule has 0 bridgehead atoms. The molecule has 7 heteroatoms. The molecule has 0 radical (unpaired) electrons. The normalized spacial score (nSPS) is 14.0. The highest BCUT2D eigenvalue weighted by atomic mass is 35.5. The molecule has 1 fully saturated rings. The SMILES string of the molecule is COc1ccccc1N1CCN(C(=O)COC(=O)c2ccc(Cl)cc2)CC1. The number of rotatable bonds is 5. The molecular formula is C20H21ClN2O4. The van der Waals surface area contributed by atoms with Crippen molar-refractivity contribution in [1.29, 1.82) is 0 Å². The molecule has 0 unspecified atom stereocenters. The highest BCUT2D eigenvalue weighted by Gasteiger charge is 2.23. The number of esters is 1. The summed E-state index contributed by atoms with van der Waals surface area (Å²) in [6, 6.07) is 14.2. The van der Waals surface area contributed by atoms with Crippen molar-refractivity contribution in [2.75, 3.05) is 44.8 Å². The first-order chi connectivity index (χ1) is 13.1. The van der Waals surface area contributed by atoms with Crippen LogP contribution in [0.25, 0.3) is 0 Å². The number of amides is 1. The standard InChI is InChI=1S/C20H21ClN2O4/c1-26-18-5-3-2-4-17(18)22-10-12-23(13-11-22)19(24)14-27-20(25)15-6-8-16(21)9-7-15/h2-9H,10-14H2,1H3. The zero-order chi connectivity index (χ0) is 19.2. The number of nitrogens with zero attached hydrogens (tertiary/aromatic N) is 2. The third-order valence-electron chi connectivity index (χ3n) is 4.46. The van der Waals surface area contributed by atoms with Gasteiger partial charge in [0, 0.05) is 31.2 Å². The molecule has 0 N–H and O–H groups in total. The highest BCUT2D eigenvalue weighted by Crippen LogP contribution is 2.28. The van der Waals surface area contributed by atoms with Gasteiger partial charge in [0.05, 0.1) is 18.4 Å². The number of benzene rings is 2. The number of hydrogen-bond acceptors (Lipinski definition) is 5. The molecule has 2 aromatic carbocycles. The number of halogens is 1. The highest BCUT2D eigenvalue weighted by molar-refractivity contribution is 6.30. The summed E-state index contributed by atoms with van der Waals surface area (Å²) in [6.07, 6.45) is 0. The van der Waals surface area contributed by atoms with Crippen LogP contribution in [-0.2, 0) is 9.53 Å². The molecule has 142 valence electrons. The lowest BCUT2D eigenvalue weighted by Gasteiger charge is -2.36. The Morgan fingerprint density at radius 2 is 1.67 bits per heavy atom. The predicted molar refractivity (Wildman–Crippen MR) is 104 cm³/mol. The van der Waals surface area contributed by atoms with Gasteiger partial charge in [-0.15, -0.1) is 0 Å². The van der Waals surface area contributed by atoms with Gasteiger partial charge in [0.1, 0.15) is 5.75 Å². The monoisotopic (exact) mass is 388 g/mol. The third-order valence-corrected chi connectivity index (χ3v) is 4.72. The van der Waals surface area contributed by atoms with E-state index in [0.717, 1.165) is 11.4 Å². The van der Waals surface area contributed by atoms with Gasteiger partial charge < -0.3 is 19.3 Å². The Hall–Kier alpha value is -2.73. The van der Waals surface area contributed by atoms with E-state index in [-0.39, 0.29) is 12.5 Å². The van der Waals surface area contributed by atoms with Gasteiger partial charge in [-0.1, -0.05) is 23.7 Å². The van der Waals surface area contributed by atoms with Crippen LogP contribution in [-0.4, -0.2) is 56.7 Å². The Morgan fingerprint density at radius 3 is 2.33 bits per heavy atom. The molecule has 1 amide bonds. The first-order valence-corrected chi connectivity index (χ1v) is 9.04. The van der Waals surface area contributed by atoms with Gasteiger partial charge in [-0.25, -0.2) is 4.79 Å². The van der Waals surface area contributed by atoms with E-state index in [1.807, 2.05) is 24.3 Å². The molecule has 6 nitrogen and oxygen atoms in total. The van der Waals surface area contributed by atoms with E-state index >= 15 is 0 Å². The van der Waals surface area contributed by atoms with Crippen LogP contribution in [0.2, 0.25) is 5.02 Å². The van der Waals surface area contributed by atoms with Crippen molar-refractivity contribution >= 4 is 29.2 Å². The molecule has 0 aliphatic carbocycles. The van der Waals surface area contributed by atoms with E-state index in [1.165, 1.54) is 0 Å². The van der Waals surface area contributed by atoms with E-state index in [2.05, 4.69) is 4.90 Å². The summed E-state index contributed by atoms with van der Waals surface area (Å²) in [5.74, 6) is 0.0823. The zero-order valence-corrected chi connectivity index (χ0v) is 15.8. The molecule has 27 heavy (non-hydrogen) atoms. The summed E-state index contributed by atoms with van der Waals surface area (Å²) in [6.45, 7) is 2.25. The van der Waals surface area contributed by atoms with E-state index in [4.69, 9.17) is 21.1 Å². The largest absolute Gasteiger partial charge is 0.495 e. The Morgan fingerprint density at radius 1 is 1.00 bits per heavy atom. The number of para-hydroxylation sites is 2. The van der Waals surface area contributed by atoms with Crippen molar-refractivity contribution < 1.29 is 19.1 Å². The molecule has 0 spiro atoms. The number of carbonyl (C=O) groups is 2. The Balaban J connectivity index is 1.50. The van der Waals surface area contributed by atoms with Crippen LogP contribution in [0, 0.1) is 0 Å². The quantitative estimate of drug-likeness (QED) is 0.737. The maximum absolute atomic E-state index is 12.3. The zero-order valence-electron chi connectivity index (χ0n) is 15.1. The van der Waals surface area contributed by atoms with Crippen LogP contribution < -0.4 is 9.64 Å². The fourth-order valence-corrected chi connectivity index (χ4v) is 3.10. The first-order valence-electron chi connectivity index (χ1n) is 8.67. The lowest BCUT2D eigenvalue weighted by molar-refractivity contribution is -0.134. The van der Waals surface area contributed by atoms with Crippen molar-refractivity contribution in [2.45, 2.75) is 0 Å². The van der Waals surface area contributed by atoms with Gasteiger partial charge in [-0.05, 0) is 36.4 Å². The van der Waals surface area contributed by atoms with Crippen LogP contribution in [0.3, 0.4) is 0 Å². The summed E-state index contributed by atoms with van der Waals surface area (Å²) >= 11 is 5.80. The van der Waals surface area contributed by atoms with Crippen LogP contribution in [0.4, 0.5) is 5.69 Å². The molecule has 1 aliphatic rings. The Bertz CT molecular complexity index is 802. The number of methoxy groups -OCH3 is 1. The summed E-state index contributed by atoms with van der Waals surface area (Å²) in [5, 5.41) is 0.538. The van der Waals surface area contributed by atoms with Crippen LogP contribution >= 0.6 is 11.6 Å². The van der Waals surface area contributed by atoms with Gasteiger partial charge in [0.25, 0.3) is 5.91 Å². The molecular weight excluding hydrogens is 368 g/mol. The second-order valence-corrected chi connectivity index (χ2v) is 6.56. The average Bonchev–Trinajstić information content (AvgIpc) is 2.72. The number of carbonyl (C=O) groups excluding carboxylic acids is 2. The fourth-order valence-electron chi connectivity index (χ4n) is 2.98. The summed E-state index contributed by atoms with van der Waals surface area (Å²) in [4.78, 5) is 28.2. The van der Waals surface area contributed by atoms with Crippen LogP contribution in [0.1, 0.15) is 10.4 Å². The number of anilines is 1. The van der Waals surface area contributed by atoms with E-state index < -0.39 is 5.97 Å². The van der Waals surface area contributed by atoms with Gasteiger partial charge in [-0.2, -0.15) is 0 Å². The van der Waals surface area contributed by atoms with Gasteiger partial charge in [0.2, 0.25) is 0 Å². The maximum Gasteiger partial charge on any atom is 0.338 e. The molecule has 1 saturated heterocycles. The molecule has 2 aromatic rings. The predicted octanol–water partition coefficient (Wildman–Crippen LogP) is 2.85. The summed E-state index contributed by atoms with van der Waals surface area (Å²) in [7, 11) is 1.65. The lowest BCUT2D eigenvalue weighted by Crippen LogP contribution is -2.50. The Kier molecular flexibility index (Phi) is 6.19. The van der Waals surface area contributed by atoms with Crippen LogP contribution in [0.15, 0.2) is 48.5 Å². The minimum absolute atomic E-state index is 0.197. The number of hydrogen-bond donors (Lipinski definition) is 0. The molecule has 0 saturated carbocycles. The maximum atomic E-state index is 12.3. The second kappa shape index (κ2) is 8.77. The van der Waals surface area contributed by atoms with Crippen molar-refractivity contribution in [1.82, 2.24) is 4.90 Å². The molecule has 1 aliphatic heterocycles. The van der Waals surface area contributed by atoms with E-state index in [9.17, 15) is 9.59 Å². The van der Waals surface area contributed by atoms with Crippen molar-refractivity contribution in [3.05, 3.63) is 59.1 Å². The number of piperazine rings is 1. The van der Waals surface area contributed by atoms with E-state index in [0.29, 0.717) is 36.8 Å². The average molecular weight is 389 g/mol. The molecule has 0 aromatic heterocycles.